The fourth-order valence-corrected chi connectivity index (χ4v) is 3.12. The van der Waals surface area contributed by atoms with Crippen molar-refractivity contribution in [1.82, 2.24) is 10.2 Å². The van der Waals surface area contributed by atoms with Crippen molar-refractivity contribution in [3.05, 3.63) is 0 Å². The molecule has 0 bridgehead atoms. The van der Waals surface area contributed by atoms with Crippen molar-refractivity contribution in [1.29, 1.82) is 0 Å². The van der Waals surface area contributed by atoms with Gasteiger partial charge in [0, 0.05) is 46.4 Å². The molecule has 4 nitrogen and oxygen atoms in total. The van der Waals surface area contributed by atoms with Crippen LogP contribution in [-0.2, 0) is 9.47 Å². The predicted octanol–water partition coefficient (Wildman–Crippen LogP) is 2.14. The van der Waals surface area contributed by atoms with Crippen molar-refractivity contribution in [2.45, 2.75) is 45.6 Å². The number of nitrogens with one attached hydrogen (secondary N) is 1. The van der Waals surface area contributed by atoms with Crippen molar-refractivity contribution < 1.29 is 9.47 Å². The van der Waals surface area contributed by atoms with Gasteiger partial charge in [-0.15, -0.1) is 0 Å². The zero-order valence-corrected chi connectivity index (χ0v) is 13.9. The van der Waals surface area contributed by atoms with Gasteiger partial charge in [-0.2, -0.15) is 0 Å². The summed E-state index contributed by atoms with van der Waals surface area (Å²) in [5, 5.41) is 3.66. The molecule has 1 aliphatic rings. The van der Waals surface area contributed by atoms with E-state index in [1.54, 1.807) is 14.2 Å². The van der Waals surface area contributed by atoms with Crippen LogP contribution in [0, 0.1) is 5.41 Å². The third kappa shape index (κ3) is 6.53. The maximum absolute atomic E-state index is 5.25. The Morgan fingerprint density at radius 1 is 1.05 bits per heavy atom. The summed E-state index contributed by atoms with van der Waals surface area (Å²) < 4.78 is 10.5. The highest BCUT2D eigenvalue weighted by Gasteiger charge is 2.35. The monoisotopic (exact) mass is 286 g/mol. The van der Waals surface area contributed by atoms with Gasteiger partial charge in [-0.1, -0.05) is 26.7 Å². The molecule has 0 spiro atoms. The second kappa shape index (κ2) is 9.72. The fraction of sp³-hybridized carbons (Fsp3) is 1.00. The van der Waals surface area contributed by atoms with Gasteiger partial charge in [-0.3, -0.25) is 4.90 Å². The number of hydrogen-bond donors (Lipinski definition) is 1. The van der Waals surface area contributed by atoms with Crippen LogP contribution in [0.3, 0.4) is 0 Å². The van der Waals surface area contributed by atoms with Crippen LogP contribution in [0.1, 0.15) is 39.5 Å². The molecule has 0 saturated heterocycles. The van der Waals surface area contributed by atoms with Gasteiger partial charge in [0.2, 0.25) is 0 Å². The van der Waals surface area contributed by atoms with Crippen LogP contribution in [0.4, 0.5) is 0 Å². The Balaban J connectivity index is 2.54. The van der Waals surface area contributed by atoms with Gasteiger partial charge in [0.15, 0.2) is 0 Å². The van der Waals surface area contributed by atoms with Gasteiger partial charge in [-0.05, 0) is 18.3 Å². The normalized spacial score (nSPS) is 18.3. The van der Waals surface area contributed by atoms with Gasteiger partial charge >= 0.3 is 0 Å². The molecule has 0 aromatic heterocycles. The zero-order chi connectivity index (χ0) is 14.8. The molecule has 20 heavy (non-hydrogen) atoms. The van der Waals surface area contributed by atoms with Crippen LogP contribution in [0.25, 0.3) is 0 Å². The average Bonchev–Trinajstić information content (AvgIpc) is 2.89. The molecule has 0 unspecified atom stereocenters. The minimum atomic E-state index is 0.450. The van der Waals surface area contributed by atoms with Crippen LogP contribution in [0.15, 0.2) is 0 Å². The van der Waals surface area contributed by atoms with Crippen LogP contribution in [0.5, 0.6) is 0 Å². The van der Waals surface area contributed by atoms with E-state index in [0.717, 1.165) is 32.8 Å². The maximum Gasteiger partial charge on any atom is 0.0589 e. The van der Waals surface area contributed by atoms with Gasteiger partial charge in [0.05, 0.1) is 13.2 Å². The van der Waals surface area contributed by atoms with E-state index in [0.29, 0.717) is 11.5 Å². The third-order valence-corrected chi connectivity index (χ3v) is 4.33. The van der Waals surface area contributed by atoms with Crippen molar-refractivity contribution in [2.24, 2.45) is 5.41 Å². The Morgan fingerprint density at radius 3 is 2.05 bits per heavy atom. The van der Waals surface area contributed by atoms with Gasteiger partial charge < -0.3 is 14.8 Å². The van der Waals surface area contributed by atoms with Gasteiger partial charge in [0.1, 0.15) is 0 Å². The van der Waals surface area contributed by atoms with E-state index in [2.05, 4.69) is 24.1 Å². The second-order valence-electron chi connectivity index (χ2n) is 6.50. The zero-order valence-electron chi connectivity index (χ0n) is 13.9. The van der Waals surface area contributed by atoms with E-state index >= 15 is 0 Å². The first-order chi connectivity index (χ1) is 9.62. The fourth-order valence-electron chi connectivity index (χ4n) is 3.12. The molecular weight excluding hydrogens is 252 g/mol. The molecule has 0 aromatic rings. The summed E-state index contributed by atoms with van der Waals surface area (Å²) in [5.74, 6) is 0. The minimum absolute atomic E-state index is 0.450. The summed E-state index contributed by atoms with van der Waals surface area (Å²) >= 11 is 0. The van der Waals surface area contributed by atoms with E-state index in [-0.39, 0.29) is 0 Å². The summed E-state index contributed by atoms with van der Waals surface area (Å²) in [6, 6.07) is 0.568. The summed E-state index contributed by atoms with van der Waals surface area (Å²) in [6.07, 6.45) is 5.46. The molecule has 0 radical (unpaired) electrons. The summed E-state index contributed by atoms with van der Waals surface area (Å²) in [6.45, 7) is 10.4. The molecule has 1 N–H and O–H groups in total. The molecular formula is C16H34N2O2. The smallest absolute Gasteiger partial charge is 0.0589 e. The molecule has 0 amide bonds. The number of methoxy groups -OCH3 is 2. The SMILES string of the molecule is COCCN(CCOC)CC1(CNC(C)C)CCCC1. The molecule has 0 aromatic carbocycles. The molecule has 0 heterocycles. The lowest BCUT2D eigenvalue weighted by Gasteiger charge is -2.36. The number of rotatable bonds is 11. The van der Waals surface area contributed by atoms with E-state index < -0.39 is 0 Å². The minimum Gasteiger partial charge on any atom is -0.383 e. The van der Waals surface area contributed by atoms with Crippen molar-refractivity contribution in [2.75, 3.05) is 53.6 Å². The molecule has 1 aliphatic carbocycles. The largest absolute Gasteiger partial charge is 0.383 e. The molecule has 0 atom stereocenters. The number of ether oxygens (including phenoxy) is 2. The lowest BCUT2D eigenvalue weighted by molar-refractivity contribution is 0.0788. The highest BCUT2D eigenvalue weighted by molar-refractivity contribution is 4.90. The predicted molar refractivity (Wildman–Crippen MR) is 84.2 cm³/mol. The highest BCUT2D eigenvalue weighted by Crippen LogP contribution is 2.38. The van der Waals surface area contributed by atoms with Crippen LogP contribution in [0.2, 0.25) is 0 Å². The Kier molecular flexibility index (Phi) is 8.69. The first-order valence-corrected chi connectivity index (χ1v) is 8.05. The highest BCUT2D eigenvalue weighted by atomic mass is 16.5. The second-order valence-corrected chi connectivity index (χ2v) is 6.50. The van der Waals surface area contributed by atoms with Gasteiger partial charge in [-0.25, -0.2) is 0 Å². The van der Waals surface area contributed by atoms with E-state index in [4.69, 9.17) is 9.47 Å². The van der Waals surface area contributed by atoms with E-state index in [9.17, 15) is 0 Å². The Morgan fingerprint density at radius 2 is 1.60 bits per heavy atom. The van der Waals surface area contributed by atoms with Crippen molar-refractivity contribution in [3.8, 4) is 0 Å². The molecule has 4 heteroatoms. The first-order valence-electron chi connectivity index (χ1n) is 8.05. The van der Waals surface area contributed by atoms with E-state index in [1.807, 2.05) is 0 Å². The maximum atomic E-state index is 5.25. The molecule has 1 saturated carbocycles. The quantitative estimate of drug-likeness (QED) is 0.631. The van der Waals surface area contributed by atoms with Crippen LogP contribution >= 0.6 is 0 Å². The third-order valence-electron chi connectivity index (χ3n) is 4.33. The summed E-state index contributed by atoms with van der Waals surface area (Å²) in [7, 11) is 3.56. The summed E-state index contributed by atoms with van der Waals surface area (Å²) in [4.78, 5) is 2.51. The Labute approximate surface area is 125 Å². The lowest BCUT2D eigenvalue weighted by atomic mass is 9.85. The Bertz CT molecular complexity index is 233. The number of hydrogen-bond acceptors (Lipinski definition) is 4. The van der Waals surface area contributed by atoms with Crippen molar-refractivity contribution in [3.63, 3.8) is 0 Å². The molecule has 1 rings (SSSR count). The van der Waals surface area contributed by atoms with E-state index in [1.165, 1.54) is 32.2 Å². The molecule has 120 valence electrons. The van der Waals surface area contributed by atoms with Crippen LogP contribution in [-0.4, -0.2) is 64.6 Å². The Hall–Kier alpha value is -0.160. The van der Waals surface area contributed by atoms with Crippen LogP contribution < -0.4 is 5.32 Å². The molecule has 0 aliphatic heterocycles. The van der Waals surface area contributed by atoms with Crippen molar-refractivity contribution >= 4 is 0 Å². The summed E-state index contributed by atoms with van der Waals surface area (Å²) in [5.41, 5.74) is 0.450. The first kappa shape index (κ1) is 17.9. The lowest BCUT2D eigenvalue weighted by Crippen LogP contribution is -2.45. The standard InChI is InChI=1S/C16H34N2O2/c1-15(2)17-13-16(7-5-6-8-16)14-18(9-11-19-3)10-12-20-4/h15,17H,5-14H2,1-4H3. The number of nitrogens with zero attached hydrogens (tertiary/aromatic N) is 1. The van der Waals surface area contributed by atoms with Gasteiger partial charge in [0.25, 0.3) is 0 Å². The molecule has 1 fully saturated rings. The topological polar surface area (TPSA) is 33.7 Å². The average molecular weight is 286 g/mol.